The van der Waals surface area contributed by atoms with Crippen molar-refractivity contribution in [3.05, 3.63) is 23.8 Å². The van der Waals surface area contributed by atoms with Crippen LogP contribution < -0.4 is 15.2 Å². The number of nitrogen functional groups attached to an aromatic ring is 1. The molecule has 100 valence electrons. The van der Waals surface area contributed by atoms with Gasteiger partial charge in [-0.3, -0.25) is 4.68 Å². The average molecular weight is 263 g/mol. The third-order valence-corrected chi connectivity index (χ3v) is 3.15. The second-order valence-corrected chi connectivity index (χ2v) is 4.50. The van der Waals surface area contributed by atoms with Crippen molar-refractivity contribution in [2.24, 2.45) is 7.05 Å². The molecule has 1 aromatic carbocycles. The van der Waals surface area contributed by atoms with Gasteiger partial charge in [-0.15, -0.1) is 0 Å². The molecule has 1 aromatic heterocycles. The normalized spacial score (nSPS) is 14.7. The predicted molar refractivity (Wildman–Crippen MR) is 68.7 cm³/mol. The molecule has 0 bridgehead atoms. The van der Waals surface area contributed by atoms with Crippen LogP contribution in [0.2, 0.25) is 0 Å². The summed E-state index contributed by atoms with van der Waals surface area (Å²) < 4.78 is 25.9. The minimum Gasteiger partial charge on any atom is -0.454 e. The molecular formula is C13H14FN3O2. The Balaban J connectivity index is 2.19. The van der Waals surface area contributed by atoms with Crippen LogP contribution in [0.15, 0.2) is 18.2 Å². The molecule has 0 aliphatic carbocycles. The number of hydrogen-bond acceptors (Lipinski definition) is 4. The van der Waals surface area contributed by atoms with E-state index >= 15 is 0 Å². The van der Waals surface area contributed by atoms with Gasteiger partial charge in [-0.25, -0.2) is 4.39 Å². The van der Waals surface area contributed by atoms with Crippen molar-refractivity contribution in [3.63, 3.8) is 0 Å². The Morgan fingerprint density at radius 2 is 2.16 bits per heavy atom. The van der Waals surface area contributed by atoms with E-state index in [1.54, 1.807) is 29.9 Å². The Labute approximate surface area is 109 Å². The van der Waals surface area contributed by atoms with Gasteiger partial charge in [0.2, 0.25) is 6.79 Å². The number of aromatic nitrogens is 2. The van der Waals surface area contributed by atoms with Crippen molar-refractivity contribution in [3.8, 4) is 22.8 Å². The van der Waals surface area contributed by atoms with E-state index < -0.39 is 6.17 Å². The number of hydrogen-bond donors (Lipinski definition) is 1. The van der Waals surface area contributed by atoms with Crippen molar-refractivity contribution >= 4 is 5.82 Å². The number of anilines is 1. The predicted octanol–water partition coefficient (Wildman–Crippen LogP) is 2.43. The van der Waals surface area contributed by atoms with Crippen LogP contribution in [0.5, 0.6) is 11.5 Å². The lowest BCUT2D eigenvalue weighted by molar-refractivity contribution is 0.174. The van der Waals surface area contributed by atoms with E-state index in [1.807, 2.05) is 0 Å². The molecule has 1 unspecified atom stereocenters. The van der Waals surface area contributed by atoms with Crippen LogP contribution in [0.25, 0.3) is 11.3 Å². The van der Waals surface area contributed by atoms with Crippen molar-refractivity contribution in [1.82, 2.24) is 9.78 Å². The van der Waals surface area contributed by atoms with Crippen LogP contribution in [-0.4, -0.2) is 16.6 Å². The van der Waals surface area contributed by atoms with Gasteiger partial charge in [0.15, 0.2) is 11.5 Å². The second-order valence-electron chi connectivity index (χ2n) is 4.50. The quantitative estimate of drug-likeness (QED) is 0.903. The Morgan fingerprint density at radius 1 is 1.37 bits per heavy atom. The van der Waals surface area contributed by atoms with E-state index in [9.17, 15) is 4.39 Å². The highest BCUT2D eigenvalue weighted by Crippen LogP contribution is 2.43. The first-order valence-electron chi connectivity index (χ1n) is 5.93. The van der Waals surface area contributed by atoms with Crippen molar-refractivity contribution in [1.29, 1.82) is 0 Å². The number of rotatable bonds is 2. The van der Waals surface area contributed by atoms with Crippen LogP contribution in [0.1, 0.15) is 18.7 Å². The lowest BCUT2D eigenvalue weighted by Gasteiger charge is -2.08. The molecular weight excluding hydrogens is 249 g/mol. The number of ether oxygens (including phenoxy) is 2. The summed E-state index contributed by atoms with van der Waals surface area (Å²) in [7, 11) is 1.75. The molecule has 2 N–H and O–H groups in total. The molecule has 0 spiro atoms. The number of alkyl halides is 1. The van der Waals surface area contributed by atoms with Crippen LogP contribution in [-0.2, 0) is 7.05 Å². The first kappa shape index (κ1) is 11.8. The summed E-state index contributed by atoms with van der Waals surface area (Å²) in [6, 6.07) is 5.10. The summed E-state index contributed by atoms with van der Waals surface area (Å²) in [4.78, 5) is 0. The Bertz CT molecular complexity index is 618. The van der Waals surface area contributed by atoms with Crippen molar-refractivity contribution in [2.75, 3.05) is 12.5 Å². The fourth-order valence-corrected chi connectivity index (χ4v) is 2.06. The van der Waals surface area contributed by atoms with Gasteiger partial charge >= 0.3 is 0 Å². The molecule has 19 heavy (non-hydrogen) atoms. The highest BCUT2D eigenvalue weighted by Gasteiger charge is 2.23. The maximum atomic E-state index is 13.5. The number of benzene rings is 1. The topological polar surface area (TPSA) is 62.3 Å². The summed E-state index contributed by atoms with van der Waals surface area (Å²) in [5.74, 6) is 1.66. The van der Waals surface area contributed by atoms with Gasteiger partial charge in [0.1, 0.15) is 12.0 Å². The number of nitrogens with two attached hydrogens (primary N) is 1. The molecule has 1 atom stereocenters. The van der Waals surface area contributed by atoms with Gasteiger partial charge in [-0.1, -0.05) is 0 Å². The molecule has 1 aliphatic rings. The first-order chi connectivity index (χ1) is 9.06. The van der Waals surface area contributed by atoms with Gasteiger partial charge in [0.25, 0.3) is 0 Å². The molecule has 0 amide bonds. The van der Waals surface area contributed by atoms with Crippen LogP contribution in [0, 0.1) is 0 Å². The third-order valence-electron chi connectivity index (χ3n) is 3.15. The molecule has 1 aliphatic heterocycles. The lowest BCUT2D eigenvalue weighted by atomic mass is 10.0. The van der Waals surface area contributed by atoms with Gasteiger partial charge in [0, 0.05) is 18.7 Å². The van der Waals surface area contributed by atoms with Crippen LogP contribution in [0.4, 0.5) is 10.2 Å². The van der Waals surface area contributed by atoms with Crippen molar-refractivity contribution in [2.45, 2.75) is 13.1 Å². The molecule has 2 heterocycles. The lowest BCUT2D eigenvalue weighted by Crippen LogP contribution is -1.97. The van der Waals surface area contributed by atoms with E-state index in [2.05, 4.69) is 5.10 Å². The monoisotopic (exact) mass is 263 g/mol. The van der Waals surface area contributed by atoms with Crippen LogP contribution in [0.3, 0.4) is 0 Å². The summed E-state index contributed by atoms with van der Waals surface area (Å²) >= 11 is 0. The van der Waals surface area contributed by atoms with E-state index in [4.69, 9.17) is 15.2 Å². The third kappa shape index (κ3) is 1.89. The molecule has 0 saturated carbocycles. The summed E-state index contributed by atoms with van der Waals surface area (Å²) in [5.41, 5.74) is 7.65. The van der Waals surface area contributed by atoms with Crippen LogP contribution >= 0.6 is 0 Å². The molecule has 5 nitrogen and oxygen atoms in total. The van der Waals surface area contributed by atoms with E-state index in [0.717, 1.165) is 0 Å². The largest absolute Gasteiger partial charge is 0.454 e. The zero-order valence-corrected chi connectivity index (χ0v) is 10.7. The summed E-state index contributed by atoms with van der Waals surface area (Å²) in [5, 5.41) is 4.29. The number of aryl methyl sites for hydroxylation is 1. The minimum absolute atomic E-state index is 0.134. The SMILES string of the molecule is CC(F)c1cc2c(c(-c3cc(N)n(C)n3)c1)OCO2. The molecule has 3 rings (SSSR count). The standard InChI is InChI=1S/C13H14FN3O2/c1-7(14)8-3-9(10-5-12(15)17(2)16-10)13-11(4-8)18-6-19-13/h3-5,7H,6,15H2,1-2H3. The maximum Gasteiger partial charge on any atom is 0.231 e. The van der Waals surface area contributed by atoms with E-state index in [1.165, 1.54) is 6.92 Å². The smallest absolute Gasteiger partial charge is 0.231 e. The van der Waals surface area contributed by atoms with Gasteiger partial charge in [-0.2, -0.15) is 5.10 Å². The Morgan fingerprint density at radius 3 is 2.79 bits per heavy atom. The van der Waals surface area contributed by atoms with Crippen molar-refractivity contribution < 1.29 is 13.9 Å². The van der Waals surface area contributed by atoms with Gasteiger partial charge in [0.05, 0.1) is 5.69 Å². The molecule has 0 saturated heterocycles. The second kappa shape index (κ2) is 4.15. The highest BCUT2D eigenvalue weighted by molar-refractivity contribution is 5.74. The molecule has 2 aromatic rings. The summed E-state index contributed by atoms with van der Waals surface area (Å²) in [6.07, 6.45) is -1.09. The molecule has 0 fully saturated rings. The number of nitrogens with zero attached hydrogens (tertiary/aromatic N) is 2. The maximum absolute atomic E-state index is 13.5. The number of fused-ring (bicyclic) bond motifs is 1. The average Bonchev–Trinajstić information content (AvgIpc) is 2.95. The summed E-state index contributed by atoms with van der Waals surface area (Å²) in [6.45, 7) is 1.61. The number of halogens is 1. The highest BCUT2D eigenvalue weighted by atomic mass is 19.1. The fraction of sp³-hybridized carbons (Fsp3) is 0.308. The minimum atomic E-state index is -1.09. The van der Waals surface area contributed by atoms with Gasteiger partial charge in [-0.05, 0) is 24.6 Å². The fourth-order valence-electron chi connectivity index (χ4n) is 2.06. The zero-order valence-electron chi connectivity index (χ0n) is 10.7. The zero-order chi connectivity index (χ0) is 13.6. The van der Waals surface area contributed by atoms with Gasteiger partial charge < -0.3 is 15.2 Å². The Hall–Kier alpha value is -2.24. The van der Waals surface area contributed by atoms with E-state index in [-0.39, 0.29) is 6.79 Å². The molecule has 0 radical (unpaired) electrons. The first-order valence-corrected chi connectivity index (χ1v) is 5.93. The Kier molecular flexibility index (Phi) is 2.58. The molecule has 6 heteroatoms. The van der Waals surface area contributed by atoms with E-state index in [0.29, 0.717) is 34.1 Å².